The number of hydrogen-bond acceptors (Lipinski definition) is 8. The molecule has 2 fully saturated rings. The number of fused-ring (bicyclic) bond motifs is 1. The molecule has 1 saturated heterocycles. The lowest BCUT2D eigenvalue weighted by atomic mass is 10.1. The summed E-state index contributed by atoms with van der Waals surface area (Å²) in [7, 11) is 3.91. The van der Waals surface area contributed by atoms with Crippen LogP contribution in [-0.2, 0) is 0 Å². The van der Waals surface area contributed by atoms with Crippen LogP contribution in [0.3, 0.4) is 0 Å². The van der Waals surface area contributed by atoms with Gasteiger partial charge in [0.2, 0.25) is 5.95 Å². The number of carbonyl (C=O) groups is 1. The number of amides is 1. The zero-order valence-corrected chi connectivity index (χ0v) is 18.3. The first-order valence-electron chi connectivity index (χ1n) is 11.0. The second-order valence-corrected chi connectivity index (χ2v) is 8.43. The summed E-state index contributed by atoms with van der Waals surface area (Å²) < 4.78 is 7.62. The molecule has 168 valence electrons. The van der Waals surface area contributed by atoms with Crippen LogP contribution < -0.4 is 20.7 Å². The van der Waals surface area contributed by atoms with Crippen molar-refractivity contribution in [1.82, 2.24) is 29.7 Å². The van der Waals surface area contributed by atoms with Crippen molar-refractivity contribution in [3.8, 4) is 5.75 Å². The molecule has 3 heterocycles. The monoisotopic (exact) mass is 436 g/mol. The van der Waals surface area contributed by atoms with Crippen LogP contribution in [0.1, 0.15) is 25.7 Å². The highest BCUT2D eigenvalue weighted by atomic mass is 16.5. The summed E-state index contributed by atoms with van der Waals surface area (Å²) in [5, 5.41) is 9.25. The molecule has 10 nitrogen and oxygen atoms in total. The Morgan fingerprint density at radius 3 is 2.72 bits per heavy atom. The molecule has 0 unspecified atom stereocenters. The number of benzene rings is 1. The average Bonchev–Trinajstić information content (AvgIpc) is 3.50. The summed E-state index contributed by atoms with van der Waals surface area (Å²) in [4.78, 5) is 28.3. The Hall–Kier alpha value is -3.40. The van der Waals surface area contributed by atoms with Gasteiger partial charge in [-0.05, 0) is 44.9 Å². The highest BCUT2D eigenvalue weighted by molar-refractivity contribution is 5.92. The maximum absolute atomic E-state index is 12.6. The van der Waals surface area contributed by atoms with Crippen LogP contribution in [-0.4, -0.2) is 69.8 Å². The van der Waals surface area contributed by atoms with Crippen molar-refractivity contribution in [2.75, 3.05) is 37.8 Å². The van der Waals surface area contributed by atoms with E-state index >= 15 is 0 Å². The summed E-state index contributed by atoms with van der Waals surface area (Å²) in [5.41, 5.74) is 1.80. The van der Waals surface area contributed by atoms with Crippen molar-refractivity contribution in [3.63, 3.8) is 0 Å². The molecule has 5 rings (SSSR count). The topological polar surface area (TPSA) is 109 Å². The first-order valence-corrected chi connectivity index (χ1v) is 11.0. The molecule has 0 spiro atoms. The van der Waals surface area contributed by atoms with Gasteiger partial charge in [-0.3, -0.25) is 0 Å². The molecular weight excluding hydrogens is 408 g/mol. The third-order valence-corrected chi connectivity index (χ3v) is 5.82. The van der Waals surface area contributed by atoms with E-state index in [0.29, 0.717) is 22.9 Å². The number of carbonyl (C=O) groups excluding carboxylic acids is 1. The number of piperidine rings is 1. The molecule has 3 aromatic rings. The largest absolute Gasteiger partial charge is 0.490 e. The van der Waals surface area contributed by atoms with Crippen LogP contribution in [0.5, 0.6) is 5.75 Å². The lowest BCUT2D eigenvalue weighted by Gasteiger charge is -2.29. The van der Waals surface area contributed by atoms with Crippen LogP contribution in [0.4, 0.5) is 22.2 Å². The van der Waals surface area contributed by atoms with Gasteiger partial charge in [0.05, 0.1) is 0 Å². The fraction of sp³-hybridized carbons (Fsp3) is 0.455. The van der Waals surface area contributed by atoms with E-state index in [2.05, 4.69) is 42.8 Å². The van der Waals surface area contributed by atoms with E-state index in [1.165, 1.54) is 10.9 Å². The molecule has 0 bridgehead atoms. The number of nitrogens with one attached hydrogen (secondary N) is 3. The van der Waals surface area contributed by atoms with Crippen LogP contribution in [0.2, 0.25) is 0 Å². The van der Waals surface area contributed by atoms with E-state index in [4.69, 9.17) is 4.74 Å². The Bertz CT molecular complexity index is 1120. The number of ether oxygens (including phenoxy) is 1. The molecule has 1 amide bonds. The number of nitrogens with zero attached hydrogens (tertiary/aromatic N) is 5. The predicted octanol–water partition coefficient (Wildman–Crippen LogP) is 2.80. The van der Waals surface area contributed by atoms with Crippen molar-refractivity contribution in [2.24, 2.45) is 0 Å². The van der Waals surface area contributed by atoms with Gasteiger partial charge in [-0.15, -0.1) is 0 Å². The Kier molecular flexibility index (Phi) is 5.52. The smallest absolute Gasteiger partial charge is 0.328 e. The molecule has 0 atom stereocenters. The number of imidazole rings is 1. The van der Waals surface area contributed by atoms with Gasteiger partial charge in [-0.2, -0.15) is 9.97 Å². The van der Waals surface area contributed by atoms with E-state index in [-0.39, 0.29) is 18.2 Å². The molecule has 3 N–H and O–H groups in total. The van der Waals surface area contributed by atoms with Crippen molar-refractivity contribution in [3.05, 3.63) is 30.6 Å². The highest BCUT2D eigenvalue weighted by Crippen LogP contribution is 2.26. The number of anilines is 3. The zero-order chi connectivity index (χ0) is 22.1. The van der Waals surface area contributed by atoms with Crippen molar-refractivity contribution >= 4 is 34.6 Å². The quantitative estimate of drug-likeness (QED) is 0.541. The number of likely N-dealkylation sites (tertiary alicyclic amines) is 1. The van der Waals surface area contributed by atoms with E-state index in [0.717, 1.165) is 50.2 Å². The number of aromatic nitrogens is 4. The molecular formula is C22H28N8O2. The first kappa shape index (κ1) is 20.5. The Labute approximate surface area is 186 Å². The third kappa shape index (κ3) is 4.45. The maximum Gasteiger partial charge on any atom is 0.328 e. The normalized spacial score (nSPS) is 17.3. The van der Waals surface area contributed by atoms with Crippen LogP contribution in [0.15, 0.2) is 30.6 Å². The van der Waals surface area contributed by atoms with Gasteiger partial charge in [0.25, 0.3) is 0 Å². The molecule has 0 radical (unpaired) electrons. The van der Waals surface area contributed by atoms with Crippen LogP contribution in [0.25, 0.3) is 11.2 Å². The Balaban J connectivity index is 1.37. The van der Waals surface area contributed by atoms with Crippen LogP contribution in [0, 0.1) is 0 Å². The second-order valence-electron chi connectivity index (χ2n) is 8.43. The summed E-state index contributed by atoms with van der Waals surface area (Å²) >= 11 is 0. The fourth-order valence-corrected chi connectivity index (χ4v) is 3.82. The molecule has 32 heavy (non-hydrogen) atoms. The molecule has 1 aliphatic heterocycles. The third-order valence-electron chi connectivity index (χ3n) is 5.82. The van der Waals surface area contributed by atoms with E-state index in [1.807, 2.05) is 24.3 Å². The van der Waals surface area contributed by atoms with Crippen molar-refractivity contribution in [2.45, 2.75) is 37.8 Å². The number of hydrogen-bond donors (Lipinski definition) is 3. The SMILES string of the molecule is CNc1nc(Nc2cccc(OC3CCN(C)CC3)c2)nc2c1ncn2C(=O)NC1CC1. The minimum Gasteiger partial charge on any atom is -0.490 e. The molecule has 1 saturated carbocycles. The average molecular weight is 437 g/mol. The van der Waals surface area contributed by atoms with E-state index in [1.54, 1.807) is 7.05 Å². The fourth-order valence-electron chi connectivity index (χ4n) is 3.82. The Morgan fingerprint density at radius 2 is 1.97 bits per heavy atom. The van der Waals surface area contributed by atoms with Gasteiger partial charge in [0.15, 0.2) is 17.0 Å². The summed E-state index contributed by atoms with van der Waals surface area (Å²) in [6.45, 7) is 2.09. The van der Waals surface area contributed by atoms with E-state index in [9.17, 15) is 4.79 Å². The number of rotatable bonds is 6. The van der Waals surface area contributed by atoms with Crippen molar-refractivity contribution < 1.29 is 9.53 Å². The van der Waals surface area contributed by atoms with Crippen molar-refractivity contribution in [1.29, 1.82) is 0 Å². The standard InChI is InChI=1S/C22H28N8O2/c1-23-19-18-20(30(13-24-18)22(31)26-14-6-7-14)28-21(27-19)25-15-4-3-5-17(12-15)32-16-8-10-29(2)11-9-16/h3-5,12-14,16H,6-11H2,1-2H3,(H,26,31)(H2,23,25,27,28). The minimum absolute atomic E-state index is 0.226. The van der Waals surface area contributed by atoms with Gasteiger partial charge < -0.3 is 25.6 Å². The van der Waals surface area contributed by atoms with Crippen LogP contribution >= 0.6 is 0 Å². The van der Waals surface area contributed by atoms with E-state index < -0.39 is 0 Å². The Morgan fingerprint density at radius 1 is 1.16 bits per heavy atom. The first-order chi connectivity index (χ1) is 15.6. The van der Waals surface area contributed by atoms with Gasteiger partial charge in [0.1, 0.15) is 18.2 Å². The summed E-state index contributed by atoms with van der Waals surface area (Å²) in [6.07, 6.45) is 5.77. The molecule has 10 heteroatoms. The van der Waals surface area contributed by atoms with Gasteiger partial charge in [-0.25, -0.2) is 14.3 Å². The summed E-state index contributed by atoms with van der Waals surface area (Å²) in [5.74, 6) is 1.74. The molecule has 1 aliphatic carbocycles. The molecule has 2 aliphatic rings. The predicted molar refractivity (Wildman–Crippen MR) is 123 cm³/mol. The molecule has 1 aromatic carbocycles. The lowest BCUT2D eigenvalue weighted by Crippen LogP contribution is -2.35. The van der Waals surface area contributed by atoms with Gasteiger partial charge in [0, 0.05) is 37.9 Å². The molecule has 2 aromatic heterocycles. The maximum atomic E-state index is 12.6. The van der Waals surface area contributed by atoms with Gasteiger partial charge in [-0.1, -0.05) is 6.07 Å². The van der Waals surface area contributed by atoms with Gasteiger partial charge >= 0.3 is 6.03 Å². The minimum atomic E-state index is -0.227. The zero-order valence-electron chi connectivity index (χ0n) is 18.3. The lowest BCUT2D eigenvalue weighted by molar-refractivity contribution is 0.114. The summed E-state index contributed by atoms with van der Waals surface area (Å²) in [6, 6.07) is 7.81. The second kappa shape index (κ2) is 8.62. The highest BCUT2D eigenvalue weighted by Gasteiger charge is 2.25.